The summed E-state index contributed by atoms with van der Waals surface area (Å²) in [5, 5.41) is 0. The van der Waals surface area contributed by atoms with Crippen molar-refractivity contribution < 1.29 is 0 Å². The Labute approximate surface area is 287 Å². The summed E-state index contributed by atoms with van der Waals surface area (Å²) in [5.41, 5.74) is 11.8. The molecule has 7 aromatic rings. The number of allylic oxidation sites excluding steroid dienone is 4. The highest BCUT2D eigenvalue weighted by Crippen LogP contribution is 2.36. The number of benzene rings is 5. The number of rotatable bonds is 7. The molecule has 1 unspecified atom stereocenters. The zero-order valence-corrected chi connectivity index (χ0v) is 27.2. The maximum absolute atomic E-state index is 5.19. The quantitative estimate of drug-likeness (QED) is 0.176. The van der Waals surface area contributed by atoms with Crippen LogP contribution in [-0.4, -0.2) is 19.9 Å². The summed E-state index contributed by atoms with van der Waals surface area (Å²) in [6.45, 7) is 2.24. The summed E-state index contributed by atoms with van der Waals surface area (Å²) in [7, 11) is 0. The molecule has 2 heterocycles. The Hall–Kier alpha value is -6.26. The van der Waals surface area contributed by atoms with Gasteiger partial charge < -0.3 is 0 Å². The largest absolute Gasteiger partial charge is 0.228 e. The summed E-state index contributed by atoms with van der Waals surface area (Å²) in [4.78, 5) is 20.5. The van der Waals surface area contributed by atoms with Crippen LogP contribution in [0.5, 0.6) is 0 Å². The van der Waals surface area contributed by atoms with Crippen molar-refractivity contribution in [1.29, 1.82) is 0 Å². The van der Waals surface area contributed by atoms with Crippen LogP contribution in [-0.2, 0) is 0 Å². The minimum absolute atomic E-state index is 0.446. The zero-order valence-electron chi connectivity index (χ0n) is 27.2. The molecule has 0 saturated heterocycles. The van der Waals surface area contributed by atoms with E-state index in [0.717, 1.165) is 73.7 Å². The number of hydrogen-bond donors (Lipinski definition) is 0. The first kappa shape index (κ1) is 30.1. The first-order valence-corrected chi connectivity index (χ1v) is 16.7. The van der Waals surface area contributed by atoms with Crippen LogP contribution >= 0.6 is 0 Å². The Morgan fingerprint density at radius 2 is 0.816 bits per heavy atom. The fourth-order valence-electron chi connectivity index (χ4n) is 6.26. The molecule has 1 atom stereocenters. The van der Waals surface area contributed by atoms with Crippen molar-refractivity contribution >= 4 is 5.57 Å². The van der Waals surface area contributed by atoms with Crippen LogP contribution < -0.4 is 0 Å². The zero-order chi connectivity index (χ0) is 33.0. The van der Waals surface area contributed by atoms with Gasteiger partial charge in [0.2, 0.25) is 0 Å². The summed E-state index contributed by atoms with van der Waals surface area (Å²) in [5.74, 6) is 1.83. The molecule has 1 aliphatic rings. The lowest BCUT2D eigenvalue weighted by atomic mass is 9.94. The van der Waals surface area contributed by atoms with E-state index < -0.39 is 0 Å². The molecule has 1 aliphatic carbocycles. The van der Waals surface area contributed by atoms with Gasteiger partial charge in [0.05, 0.1) is 22.8 Å². The van der Waals surface area contributed by atoms with Gasteiger partial charge in [-0.2, -0.15) is 0 Å². The minimum Gasteiger partial charge on any atom is -0.228 e. The van der Waals surface area contributed by atoms with Gasteiger partial charge in [0.15, 0.2) is 11.6 Å². The van der Waals surface area contributed by atoms with Crippen molar-refractivity contribution in [3.8, 4) is 67.7 Å². The molecule has 0 radical (unpaired) electrons. The highest BCUT2D eigenvalue weighted by atomic mass is 14.9. The summed E-state index contributed by atoms with van der Waals surface area (Å²) < 4.78 is 0. The van der Waals surface area contributed by atoms with Crippen molar-refractivity contribution in [3.63, 3.8) is 0 Å². The maximum Gasteiger partial charge on any atom is 0.160 e. The Kier molecular flexibility index (Phi) is 8.27. The van der Waals surface area contributed by atoms with E-state index in [0.29, 0.717) is 17.6 Å². The van der Waals surface area contributed by atoms with E-state index >= 15 is 0 Å². The van der Waals surface area contributed by atoms with E-state index in [1.807, 2.05) is 60.7 Å². The second-order valence-corrected chi connectivity index (χ2v) is 12.4. The summed E-state index contributed by atoms with van der Waals surface area (Å²) in [6.07, 6.45) is 7.76. The SMILES string of the molecule is CC1C=C(c2cc(-c3cc(-c4ccccc4)cc(-c4cc(-c5ccccc5)nc(-c5ccccc5)n4)c3)nc(-c3ccccc3)n2)C=CC1. The summed E-state index contributed by atoms with van der Waals surface area (Å²) >= 11 is 0. The lowest BCUT2D eigenvalue weighted by Crippen LogP contribution is -2.01. The highest BCUT2D eigenvalue weighted by molar-refractivity contribution is 5.83. The van der Waals surface area contributed by atoms with Crippen LogP contribution in [0.4, 0.5) is 0 Å². The molecule has 0 spiro atoms. The Morgan fingerprint density at radius 1 is 0.408 bits per heavy atom. The summed E-state index contributed by atoms with van der Waals surface area (Å²) in [6, 6.07) is 52.1. The Balaban J connectivity index is 1.36. The van der Waals surface area contributed by atoms with E-state index in [4.69, 9.17) is 19.9 Å². The number of hydrogen-bond acceptors (Lipinski definition) is 4. The minimum atomic E-state index is 0.446. The lowest BCUT2D eigenvalue weighted by Gasteiger charge is -2.16. The van der Waals surface area contributed by atoms with Crippen LogP contribution in [0, 0.1) is 5.92 Å². The van der Waals surface area contributed by atoms with E-state index in [-0.39, 0.29) is 0 Å². The van der Waals surface area contributed by atoms with Crippen LogP contribution in [0.25, 0.3) is 73.2 Å². The van der Waals surface area contributed by atoms with E-state index in [9.17, 15) is 0 Å². The fraction of sp³-hybridized carbons (Fsp3) is 0.0667. The molecule has 0 bridgehead atoms. The molecule has 5 aromatic carbocycles. The van der Waals surface area contributed by atoms with Crippen LogP contribution in [0.15, 0.2) is 170 Å². The molecule has 49 heavy (non-hydrogen) atoms. The smallest absolute Gasteiger partial charge is 0.160 e. The van der Waals surface area contributed by atoms with Crippen molar-refractivity contribution in [2.24, 2.45) is 5.92 Å². The average Bonchev–Trinajstić information content (AvgIpc) is 3.19. The third kappa shape index (κ3) is 6.63. The van der Waals surface area contributed by atoms with Crippen LogP contribution in [0.1, 0.15) is 19.0 Å². The monoisotopic (exact) mass is 630 g/mol. The normalized spacial score (nSPS) is 14.0. The number of nitrogens with zero attached hydrogens (tertiary/aromatic N) is 4. The predicted molar refractivity (Wildman–Crippen MR) is 201 cm³/mol. The van der Waals surface area contributed by atoms with Gasteiger partial charge in [0.1, 0.15) is 0 Å². The maximum atomic E-state index is 5.19. The van der Waals surface area contributed by atoms with Gasteiger partial charge in [-0.25, -0.2) is 19.9 Å². The van der Waals surface area contributed by atoms with Crippen molar-refractivity contribution in [2.75, 3.05) is 0 Å². The second kappa shape index (κ2) is 13.5. The Bertz CT molecular complexity index is 2240. The molecule has 0 aliphatic heterocycles. The third-order valence-electron chi connectivity index (χ3n) is 8.78. The van der Waals surface area contributed by atoms with Gasteiger partial charge >= 0.3 is 0 Å². The molecule has 0 fully saturated rings. The molecule has 4 heteroatoms. The van der Waals surface area contributed by atoms with E-state index in [1.54, 1.807) is 0 Å². The van der Waals surface area contributed by atoms with Crippen molar-refractivity contribution in [2.45, 2.75) is 13.3 Å². The second-order valence-electron chi connectivity index (χ2n) is 12.4. The highest BCUT2D eigenvalue weighted by Gasteiger charge is 2.17. The van der Waals surface area contributed by atoms with E-state index in [1.165, 1.54) is 0 Å². The standard InChI is InChI=1S/C45H34N4/c1-31-15-14-24-36(25-31)41-30-43(49-45(47-41)35-22-12-5-13-23-35)39-27-37(32-16-6-2-7-17-32)26-38(28-39)42-29-40(33-18-8-3-9-19-33)46-44(48-42)34-20-10-4-11-21-34/h2-14,16-31H,15H2,1H3. The fourth-order valence-corrected chi connectivity index (χ4v) is 6.26. The van der Waals surface area contributed by atoms with Gasteiger partial charge in [0, 0.05) is 27.8 Å². The molecule has 0 amide bonds. The Morgan fingerprint density at radius 3 is 1.33 bits per heavy atom. The molecule has 2 aromatic heterocycles. The van der Waals surface area contributed by atoms with E-state index in [2.05, 4.69) is 116 Å². The molecule has 234 valence electrons. The first-order valence-electron chi connectivity index (χ1n) is 16.7. The average molecular weight is 631 g/mol. The number of aromatic nitrogens is 4. The third-order valence-corrected chi connectivity index (χ3v) is 8.78. The van der Waals surface area contributed by atoms with Crippen molar-refractivity contribution in [1.82, 2.24) is 19.9 Å². The topological polar surface area (TPSA) is 51.6 Å². The van der Waals surface area contributed by atoms with Crippen LogP contribution in [0.2, 0.25) is 0 Å². The lowest BCUT2D eigenvalue weighted by molar-refractivity contribution is 0.739. The first-order chi connectivity index (χ1) is 24.2. The van der Waals surface area contributed by atoms with Gasteiger partial charge in [-0.3, -0.25) is 0 Å². The molecule has 0 saturated carbocycles. The van der Waals surface area contributed by atoms with Gasteiger partial charge in [-0.15, -0.1) is 0 Å². The van der Waals surface area contributed by atoms with Crippen LogP contribution in [0.3, 0.4) is 0 Å². The molecule has 8 rings (SSSR count). The van der Waals surface area contributed by atoms with Gasteiger partial charge in [0.25, 0.3) is 0 Å². The molecule has 0 N–H and O–H groups in total. The van der Waals surface area contributed by atoms with Gasteiger partial charge in [-0.05, 0) is 59.4 Å². The predicted octanol–water partition coefficient (Wildman–Crippen LogP) is 11.2. The molecular formula is C45H34N4. The van der Waals surface area contributed by atoms with Gasteiger partial charge in [-0.1, -0.05) is 146 Å². The molecule has 4 nitrogen and oxygen atoms in total. The van der Waals surface area contributed by atoms with Crippen molar-refractivity contribution in [3.05, 3.63) is 176 Å². The molecular weight excluding hydrogens is 597 g/mol.